The maximum absolute atomic E-state index is 6.19. The molecule has 0 saturated carbocycles. The lowest BCUT2D eigenvalue weighted by Crippen LogP contribution is -2.27. The molecular formula is C11H16Br2N2. The van der Waals surface area contributed by atoms with Crippen LogP contribution >= 0.6 is 31.9 Å². The van der Waals surface area contributed by atoms with Crippen LogP contribution in [0.4, 0.5) is 5.69 Å². The van der Waals surface area contributed by atoms with Gasteiger partial charge in [-0.15, -0.1) is 0 Å². The first-order valence-electron chi connectivity index (χ1n) is 4.73. The Labute approximate surface area is 108 Å². The molecule has 4 heteroatoms. The first-order chi connectivity index (χ1) is 6.73. The van der Waals surface area contributed by atoms with Gasteiger partial charge in [0, 0.05) is 15.0 Å². The maximum atomic E-state index is 6.19. The summed E-state index contributed by atoms with van der Waals surface area (Å²) in [7, 11) is 0. The van der Waals surface area contributed by atoms with Gasteiger partial charge in [-0.05, 0) is 39.0 Å². The van der Waals surface area contributed by atoms with Crippen molar-refractivity contribution < 1.29 is 0 Å². The van der Waals surface area contributed by atoms with Crippen molar-refractivity contribution in [3.8, 4) is 0 Å². The van der Waals surface area contributed by atoms with Gasteiger partial charge in [0.25, 0.3) is 0 Å². The molecule has 1 atom stereocenters. The van der Waals surface area contributed by atoms with Gasteiger partial charge in [-0.1, -0.05) is 36.7 Å². The fourth-order valence-corrected chi connectivity index (χ4v) is 2.59. The molecule has 0 aliphatic carbocycles. The highest BCUT2D eigenvalue weighted by Crippen LogP contribution is 2.38. The molecule has 0 aromatic heterocycles. The Morgan fingerprint density at radius 1 is 1.20 bits per heavy atom. The topological polar surface area (TPSA) is 52.0 Å². The Morgan fingerprint density at radius 2 is 1.73 bits per heavy atom. The van der Waals surface area contributed by atoms with Gasteiger partial charge in [0.2, 0.25) is 0 Å². The molecule has 1 aromatic rings. The Balaban J connectivity index is 3.25. The zero-order valence-electron chi connectivity index (χ0n) is 9.14. The third-order valence-corrected chi connectivity index (χ3v) is 3.51. The highest BCUT2D eigenvalue weighted by Gasteiger charge is 2.25. The van der Waals surface area contributed by atoms with Crippen LogP contribution < -0.4 is 11.5 Å². The molecule has 0 saturated heterocycles. The summed E-state index contributed by atoms with van der Waals surface area (Å²) in [6.45, 7) is 6.31. The highest BCUT2D eigenvalue weighted by molar-refractivity contribution is 9.11. The zero-order chi connectivity index (χ0) is 11.8. The number of anilines is 1. The number of hydrogen-bond donors (Lipinski definition) is 2. The lowest BCUT2D eigenvalue weighted by molar-refractivity contribution is 0.327. The van der Waals surface area contributed by atoms with Crippen molar-refractivity contribution in [1.29, 1.82) is 0 Å². The second-order valence-corrected chi connectivity index (χ2v) is 6.50. The SMILES string of the molecule is CC(C)(C)[C@@H](N)c1cc(Br)cc(Br)c1N. The van der Waals surface area contributed by atoms with E-state index in [9.17, 15) is 0 Å². The minimum absolute atomic E-state index is 0.00560. The van der Waals surface area contributed by atoms with E-state index in [0.29, 0.717) is 0 Å². The minimum Gasteiger partial charge on any atom is -0.398 e. The van der Waals surface area contributed by atoms with Crippen molar-refractivity contribution in [2.75, 3.05) is 5.73 Å². The summed E-state index contributed by atoms with van der Waals surface area (Å²) in [6, 6.07) is 3.83. The fourth-order valence-electron chi connectivity index (χ4n) is 1.33. The van der Waals surface area contributed by atoms with Crippen LogP contribution in [0.15, 0.2) is 21.1 Å². The van der Waals surface area contributed by atoms with E-state index in [1.807, 2.05) is 12.1 Å². The van der Waals surface area contributed by atoms with Gasteiger partial charge in [0.15, 0.2) is 0 Å². The van der Waals surface area contributed by atoms with Gasteiger partial charge in [0.1, 0.15) is 0 Å². The molecule has 4 N–H and O–H groups in total. The van der Waals surface area contributed by atoms with Gasteiger partial charge in [-0.25, -0.2) is 0 Å². The van der Waals surface area contributed by atoms with E-state index < -0.39 is 0 Å². The molecule has 84 valence electrons. The van der Waals surface area contributed by atoms with Crippen molar-refractivity contribution in [2.45, 2.75) is 26.8 Å². The van der Waals surface area contributed by atoms with E-state index in [-0.39, 0.29) is 11.5 Å². The molecular weight excluding hydrogens is 320 g/mol. The lowest BCUT2D eigenvalue weighted by atomic mass is 9.82. The highest BCUT2D eigenvalue weighted by atomic mass is 79.9. The van der Waals surface area contributed by atoms with Gasteiger partial charge in [0.05, 0.1) is 5.69 Å². The molecule has 1 rings (SSSR count). The number of halogens is 2. The molecule has 2 nitrogen and oxygen atoms in total. The van der Waals surface area contributed by atoms with E-state index in [4.69, 9.17) is 11.5 Å². The third kappa shape index (κ3) is 2.95. The first-order valence-corrected chi connectivity index (χ1v) is 6.32. The Morgan fingerprint density at radius 3 is 2.20 bits per heavy atom. The van der Waals surface area contributed by atoms with Gasteiger partial charge in [-0.2, -0.15) is 0 Å². The number of nitrogen functional groups attached to an aromatic ring is 1. The molecule has 1 aromatic carbocycles. The molecule has 0 spiro atoms. The summed E-state index contributed by atoms with van der Waals surface area (Å²) in [5, 5.41) is 0. The van der Waals surface area contributed by atoms with E-state index in [1.165, 1.54) is 0 Å². The summed E-state index contributed by atoms with van der Waals surface area (Å²) in [6.07, 6.45) is 0. The van der Waals surface area contributed by atoms with Crippen molar-refractivity contribution in [3.05, 3.63) is 26.6 Å². The van der Waals surface area contributed by atoms with E-state index in [0.717, 1.165) is 20.2 Å². The average molecular weight is 336 g/mol. The second-order valence-electron chi connectivity index (χ2n) is 4.73. The zero-order valence-corrected chi connectivity index (χ0v) is 12.3. The Kier molecular flexibility index (Phi) is 3.85. The maximum Gasteiger partial charge on any atom is 0.0507 e. The molecule has 15 heavy (non-hydrogen) atoms. The van der Waals surface area contributed by atoms with Crippen LogP contribution in [0.5, 0.6) is 0 Å². The molecule has 0 fully saturated rings. The molecule has 0 aliphatic rings. The average Bonchev–Trinajstić information content (AvgIpc) is 2.08. The monoisotopic (exact) mass is 334 g/mol. The standard InChI is InChI=1S/C11H16Br2N2/c1-11(2,3)10(15)7-4-6(12)5-8(13)9(7)14/h4-5,10H,14-15H2,1-3H3/t10-/m0/s1. The number of benzene rings is 1. The first kappa shape index (κ1) is 13.0. The van der Waals surface area contributed by atoms with Crippen molar-refractivity contribution >= 4 is 37.5 Å². The molecule has 0 radical (unpaired) electrons. The normalized spacial score (nSPS) is 14.0. The number of hydrogen-bond acceptors (Lipinski definition) is 2. The number of nitrogens with two attached hydrogens (primary N) is 2. The van der Waals surface area contributed by atoms with Crippen molar-refractivity contribution in [3.63, 3.8) is 0 Å². The summed E-state index contributed by atoms with van der Waals surface area (Å²) in [5.41, 5.74) is 13.9. The molecule has 0 heterocycles. The summed E-state index contributed by atoms with van der Waals surface area (Å²) >= 11 is 6.86. The van der Waals surface area contributed by atoms with Crippen LogP contribution in [-0.2, 0) is 0 Å². The summed E-state index contributed by atoms with van der Waals surface area (Å²) in [4.78, 5) is 0. The molecule has 0 amide bonds. The van der Waals surface area contributed by atoms with Crippen LogP contribution in [0.1, 0.15) is 32.4 Å². The van der Waals surface area contributed by atoms with Gasteiger partial charge in [-0.3, -0.25) is 0 Å². The van der Waals surface area contributed by atoms with E-state index in [2.05, 4.69) is 52.6 Å². The predicted molar refractivity (Wildman–Crippen MR) is 72.6 cm³/mol. The third-order valence-electron chi connectivity index (χ3n) is 2.39. The summed E-state index contributed by atoms with van der Waals surface area (Å²) in [5.74, 6) is 0. The van der Waals surface area contributed by atoms with Crippen LogP contribution in [0.2, 0.25) is 0 Å². The molecule has 0 unspecified atom stereocenters. The van der Waals surface area contributed by atoms with E-state index in [1.54, 1.807) is 0 Å². The minimum atomic E-state index is -0.0775. The van der Waals surface area contributed by atoms with Gasteiger partial charge >= 0.3 is 0 Å². The largest absolute Gasteiger partial charge is 0.398 e. The van der Waals surface area contributed by atoms with E-state index >= 15 is 0 Å². The van der Waals surface area contributed by atoms with Crippen molar-refractivity contribution in [1.82, 2.24) is 0 Å². The Hall–Kier alpha value is -0.0600. The summed E-state index contributed by atoms with van der Waals surface area (Å²) < 4.78 is 1.87. The lowest BCUT2D eigenvalue weighted by Gasteiger charge is -2.28. The fraction of sp³-hybridized carbons (Fsp3) is 0.455. The van der Waals surface area contributed by atoms with Gasteiger partial charge < -0.3 is 11.5 Å². The van der Waals surface area contributed by atoms with Crippen LogP contribution in [0, 0.1) is 5.41 Å². The van der Waals surface area contributed by atoms with Crippen molar-refractivity contribution in [2.24, 2.45) is 11.1 Å². The second kappa shape index (κ2) is 4.44. The molecule has 0 bridgehead atoms. The quantitative estimate of drug-likeness (QED) is 0.766. The molecule has 0 aliphatic heterocycles. The smallest absolute Gasteiger partial charge is 0.0507 e. The predicted octanol–water partition coefficient (Wildman–Crippen LogP) is 3.84. The van der Waals surface area contributed by atoms with Crippen LogP contribution in [-0.4, -0.2) is 0 Å². The number of rotatable bonds is 1. The Bertz CT molecular complexity index is 370. The van der Waals surface area contributed by atoms with Crippen LogP contribution in [0.3, 0.4) is 0 Å². The van der Waals surface area contributed by atoms with Crippen LogP contribution in [0.25, 0.3) is 0 Å².